The molecule has 0 aliphatic heterocycles. The average molecular weight is 513 g/mol. The molecule has 0 radical (unpaired) electrons. The zero-order valence-corrected chi connectivity index (χ0v) is 24.8. The topological polar surface area (TPSA) is 24.7 Å². The lowest BCUT2D eigenvalue weighted by Crippen LogP contribution is -2.12. The number of benzene rings is 2. The highest BCUT2D eigenvalue weighted by molar-refractivity contribution is 6.49. The van der Waals surface area contributed by atoms with Gasteiger partial charge >= 0.3 is 0 Å². The van der Waals surface area contributed by atoms with Gasteiger partial charge in [-0.2, -0.15) is 0 Å². The summed E-state index contributed by atoms with van der Waals surface area (Å²) in [7, 11) is 0. The molecule has 2 heteroatoms. The van der Waals surface area contributed by atoms with Gasteiger partial charge in [0.1, 0.15) is 5.71 Å². The van der Waals surface area contributed by atoms with Gasteiger partial charge in [-0.1, -0.05) is 121 Å². The van der Waals surface area contributed by atoms with Gasteiger partial charge in [-0.15, -0.1) is 0 Å². The maximum Gasteiger partial charge on any atom is 0.135 e. The van der Waals surface area contributed by atoms with E-state index in [1.54, 1.807) is 0 Å². The van der Waals surface area contributed by atoms with Crippen molar-refractivity contribution >= 4 is 22.8 Å². The van der Waals surface area contributed by atoms with Crippen LogP contribution in [0.4, 0.5) is 11.4 Å². The Morgan fingerprint density at radius 2 is 1.21 bits per heavy atom. The normalized spacial score (nSPS) is 11.9. The van der Waals surface area contributed by atoms with Crippen LogP contribution in [-0.4, -0.2) is 11.4 Å². The molecule has 0 fully saturated rings. The van der Waals surface area contributed by atoms with Crippen LogP contribution in [0.1, 0.15) is 128 Å². The number of rotatable bonds is 18. The molecule has 2 aromatic carbocycles. The Kier molecular flexibility index (Phi) is 16.9. The lowest BCUT2D eigenvalue weighted by Gasteiger charge is -2.07. The number of aliphatic imine (C=N–C) groups is 2. The number of aryl methyl sites for hydroxylation is 2. The molecule has 0 atom stereocenters. The van der Waals surface area contributed by atoms with Crippen molar-refractivity contribution in [2.24, 2.45) is 9.98 Å². The van der Waals surface area contributed by atoms with Crippen LogP contribution in [0.15, 0.2) is 58.5 Å². The van der Waals surface area contributed by atoms with E-state index in [9.17, 15) is 0 Å². The quantitative estimate of drug-likeness (QED) is 0.108. The van der Waals surface area contributed by atoms with Crippen molar-refractivity contribution in [1.29, 1.82) is 0 Å². The SMILES string of the molecule is CCCCCCCCCCCCCCC#CC(=Nc1ccc(C)c(C)c1)C(CCCC)=Nc1ccccc1. The van der Waals surface area contributed by atoms with Crippen LogP contribution in [0, 0.1) is 25.7 Å². The highest BCUT2D eigenvalue weighted by Gasteiger charge is 2.09. The lowest BCUT2D eigenvalue weighted by molar-refractivity contribution is 0.545. The number of nitrogens with zero attached hydrogens (tertiary/aromatic N) is 2. The molecule has 0 spiro atoms. The van der Waals surface area contributed by atoms with Crippen LogP contribution in [0.3, 0.4) is 0 Å². The van der Waals surface area contributed by atoms with Crippen LogP contribution in [0.5, 0.6) is 0 Å². The summed E-state index contributed by atoms with van der Waals surface area (Å²) >= 11 is 0. The van der Waals surface area contributed by atoms with Crippen molar-refractivity contribution < 1.29 is 0 Å². The summed E-state index contributed by atoms with van der Waals surface area (Å²) in [6, 6.07) is 16.6. The van der Waals surface area contributed by atoms with Gasteiger partial charge in [0, 0.05) is 6.42 Å². The Morgan fingerprint density at radius 1 is 0.605 bits per heavy atom. The maximum atomic E-state index is 5.02. The van der Waals surface area contributed by atoms with E-state index in [2.05, 4.69) is 69.9 Å². The minimum atomic E-state index is 0.824. The van der Waals surface area contributed by atoms with E-state index in [1.165, 1.54) is 88.2 Å². The van der Waals surface area contributed by atoms with Gasteiger partial charge in [0.2, 0.25) is 0 Å². The molecule has 0 bridgehead atoms. The van der Waals surface area contributed by atoms with Gasteiger partial charge in [0.05, 0.1) is 17.1 Å². The third-order valence-electron chi connectivity index (χ3n) is 7.15. The Morgan fingerprint density at radius 3 is 1.82 bits per heavy atom. The second-order valence-electron chi connectivity index (χ2n) is 10.7. The molecular weight excluding hydrogens is 460 g/mol. The number of hydrogen-bond donors (Lipinski definition) is 0. The zero-order valence-electron chi connectivity index (χ0n) is 24.8. The minimum Gasteiger partial charge on any atom is -0.251 e. The summed E-state index contributed by atoms with van der Waals surface area (Å²) in [6.07, 6.45) is 20.4. The fourth-order valence-electron chi connectivity index (χ4n) is 4.52. The third kappa shape index (κ3) is 13.8. The van der Waals surface area contributed by atoms with E-state index in [-0.39, 0.29) is 0 Å². The first-order valence-corrected chi connectivity index (χ1v) is 15.4. The summed E-state index contributed by atoms with van der Waals surface area (Å²) in [5.74, 6) is 6.89. The van der Waals surface area contributed by atoms with Crippen LogP contribution in [0.2, 0.25) is 0 Å². The minimum absolute atomic E-state index is 0.824. The largest absolute Gasteiger partial charge is 0.251 e. The molecule has 2 aromatic rings. The van der Waals surface area contributed by atoms with Gasteiger partial charge < -0.3 is 0 Å². The molecule has 0 aliphatic rings. The monoisotopic (exact) mass is 512 g/mol. The summed E-state index contributed by atoms with van der Waals surface area (Å²) in [4.78, 5) is 10.0. The molecule has 0 aromatic heterocycles. The van der Waals surface area contributed by atoms with Gasteiger partial charge in [0.25, 0.3) is 0 Å². The first-order chi connectivity index (χ1) is 18.6. The first kappa shape index (κ1) is 31.6. The van der Waals surface area contributed by atoms with E-state index in [0.717, 1.165) is 48.5 Å². The molecule has 2 rings (SSSR count). The molecule has 0 N–H and O–H groups in total. The fraction of sp³-hybridized carbons (Fsp3) is 0.556. The van der Waals surface area contributed by atoms with Gasteiger partial charge in [-0.25, -0.2) is 4.99 Å². The summed E-state index contributed by atoms with van der Waals surface area (Å²) < 4.78 is 0. The molecule has 0 saturated carbocycles. The Balaban J connectivity index is 1.96. The molecule has 206 valence electrons. The van der Waals surface area contributed by atoms with Crippen molar-refractivity contribution in [3.63, 3.8) is 0 Å². The van der Waals surface area contributed by atoms with Crippen molar-refractivity contribution in [1.82, 2.24) is 0 Å². The van der Waals surface area contributed by atoms with Crippen molar-refractivity contribution in [2.75, 3.05) is 0 Å². The smallest absolute Gasteiger partial charge is 0.135 e. The first-order valence-electron chi connectivity index (χ1n) is 15.4. The van der Waals surface area contributed by atoms with Crippen LogP contribution < -0.4 is 0 Å². The molecule has 0 aliphatic carbocycles. The van der Waals surface area contributed by atoms with Crippen LogP contribution in [-0.2, 0) is 0 Å². The van der Waals surface area contributed by atoms with Crippen molar-refractivity contribution in [3.05, 3.63) is 59.7 Å². The van der Waals surface area contributed by atoms with Gasteiger partial charge in [-0.3, -0.25) is 4.99 Å². The Bertz CT molecular complexity index is 1020. The lowest BCUT2D eigenvalue weighted by atomic mass is 10.0. The second kappa shape index (κ2) is 20.3. The highest BCUT2D eigenvalue weighted by Crippen LogP contribution is 2.20. The summed E-state index contributed by atoms with van der Waals surface area (Å²) in [6.45, 7) is 8.79. The van der Waals surface area contributed by atoms with Crippen LogP contribution >= 0.6 is 0 Å². The molecule has 0 saturated heterocycles. The van der Waals surface area contributed by atoms with E-state index in [1.807, 2.05) is 18.2 Å². The van der Waals surface area contributed by atoms with Crippen LogP contribution in [0.25, 0.3) is 0 Å². The Labute approximate surface area is 234 Å². The van der Waals surface area contributed by atoms with E-state index in [0.29, 0.717) is 0 Å². The number of hydrogen-bond acceptors (Lipinski definition) is 2. The standard InChI is InChI=1S/C36H52N2/c1-5-7-9-10-11-12-13-14-15-16-17-18-19-23-27-36(38-34-29-28-31(3)32(4)30-34)35(26-8-6-2)37-33-24-21-20-22-25-33/h20-22,24-25,28-30H,5-19,26H2,1-4H3. The van der Waals surface area contributed by atoms with Crippen molar-refractivity contribution in [3.8, 4) is 11.8 Å². The van der Waals surface area contributed by atoms with Gasteiger partial charge in [0.15, 0.2) is 0 Å². The molecular formula is C36H52N2. The average Bonchev–Trinajstić information content (AvgIpc) is 2.93. The van der Waals surface area contributed by atoms with Crippen molar-refractivity contribution in [2.45, 2.75) is 130 Å². The predicted molar refractivity (Wildman–Crippen MR) is 170 cm³/mol. The predicted octanol–water partition coefficient (Wildman–Crippen LogP) is 11.4. The molecule has 0 unspecified atom stereocenters. The summed E-state index contributed by atoms with van der Waals surface area (Å²) in [5, 5.41) is 0. The van der Waals surface area contributed by atoms with E-state index < -0.39 is 0 Å². The molecule has 2 nitrogen and oxygen atoms in total. The van der Waals surface area contributed by atoms with E-state index >= 15 is 0 Å². The molecule has 0 amide bonds. The fourth-order valence-corrected chi connectivity index (χ4v) is 4.52. The second-order valence-corrected chi connectivity index (χ2v) is 10.7. The van der Waals surface area contributed by atoms with E-state index in [4.69, 9.17) is 9.98 Å². The maximum absolute atomic E-state index is 5.02. The number of unbranched alkanes of at least 4 members (excludes halogenated alkanes) is 13. The number of para-hydroxylation sites is 1. The third-order valence-corrected chi connectivity index (χ3v) is 7.15. The molecule has 0 heterocycles. The molecule has 38 heavy (non-hydrogen) atoms. The summed E-state index contributed by atoms with van der Waals surface area (Å²) in [5.41, 5.74) is 6.29. The Hall–Kier alpha value is -2.66. The highest BCUT2D eigenvalue weighted by atomic mass is 14.8. The zero-order chi connectivity index (χ0) is 27.3. The van der Waals surface area contributed by atoms with Gasteiger partial charge in [-0.05, 0) is 74.4 Å².